The number of thiazole rings is 1. The smallest absolute Gasteiger partial charge is 0.180 e. The molecular formula is C8H14N4S. The molecule has 72 valence electrons. The van der Waals surface area contributed by atoms with Gasteiger partial charge in [-0.05, 0) is 19.3 Å². The van der Waals surface area contributed by atoms with Crippen molar-refractivity contribution >= 4 is 16.5 Å². The van der Waals surface area contributed by atoms with Gasteiger partial charge in [0.15, 0.2) is 5.13 Å². The van der Waals surface area contributed by atoms with Gasteiger partial charge in [0.05, 0.1) is 11.2 Å². The molecule has 1 aliphatic carbocycles. The van der Waals surface area contributed by atoms with Gasteiger partial charge in [-0.25, -0.2) is 4.98 Å². The van der Waals surface area contributed by atoms with Crippen LogP contribution < -0.4 is 17.2 Å². The summed E-state index contributed by atoms with van der Waals surface area (Å²) in [6.07, 6.45) is 3.05. The zero-order valence-corrected chi connectivity index (χ0v) is 8.23. The first-order valence-corrected chi connectivity index (χ1v) is 5.22. The number of aromatic nitrogens is 1. The third kappa shape index (κ3) is 1.33. The van der Waals surface area contributed by atoms with E-state index in [2.05, 4.69) is 4.98 Å². The van der Waals surface area contributed by atoms with Crippen LogP contribution in [0.5, 0.6) is 0 Å². The minimum atomic E-state index is -0.429. The number of fused-ring (bicyclic) bond motifs is 1. The van der Waals surface area contributed by atoms with Gasteiger partial charge in [0.1, 0.15) is 0 Å². The number of hydrogen-bond acceptors (Lipinski definition) is 5. The standard InChI is InChI=1S/C8H14N4S/c9-4-8(11)3-1-2-5-6(8)12-7(10)13-5/h1-4,9,11H2,(H2,10,12). The summed E-state index contributed by atoms with van der Waals surface area (Å²) in [7, 11) is 0. The van der Waals surface area contributed by atoms with E-state index in [-0.39, 0.29) is 0 Å². The lowest BCUT2D eigenvalue weighted by Crippen LogP contribution is -2.46. The molecule has 4 nitrogen and oxygen atoms in total. The molecule has 5 heteroatoms. The van der Waals surface area contributed by atoms with Crippen molar-refractivity contribution in [2.45, 2.75) is 24.8 Å². The maximum absolute atomic E-state index is 6.15. The molecule has 0 radical (unpaired) electrons. The van der Waals surface area contributed by atoms with Crippen LogP contribution in [0.3, 0.4) is 0 Å². The van der Waals surface area contributed by atoms with Crippen LogP contribution in [0.25, 0.3) is 0 Å². The highest BCUT2D eigenvalue weighted by Crippen LogP contribution is 2.36. The van der Waals surface area contributed by atoms with Crippen molar-refractivity contribution in [2.75, 3.05) is 12.3 Å². The molecular weight excluding hydrogens is 184 g/mol. The van der Waals surface area contributed by atoms with Gasteiger partial charge in [-0.15, -0.1) is 11.3 Å². The van der Waals surface area contributed by atoms with Crippen LogP contribution in [0.15, 0.2) is 0 Å². The lowest BCUT2D eigenvalue weighted by molar-refractivity contribution is 0.375. The van der Waals surface area contributed by atoms with E-state index in [1.54, 1.807) is 0 Å². The van der Waals surface area contributed by atoms with Crippen LogP contribution in [-0.4, -0.2) is 11.5 Å². The van der Waals surface area contributed by atoms with E-state index in [1.165, 1.54) is 16.2 Å². The van der Waals surface area contributed by atoms with Crippen LogP contribution in [0, 0.1) is 0 Å². The second kappa shape index (κ2) is 2.94. The summed E-state index contributed by atoms with van der Waals surface area (Å²) in [6.45, 7) is 0.448. The Hall–Kier alpha value is -0.650. The summed E-state index contributed by atoms with van der Waals surface area (Å²) in [5.41, 5.74) is 18.0. The minimum Gasteiger partial charge on any atom is -0.375 e. The molecule has 0 amide bonds. The molecule has 1 atom stereocenters. The molecule has 2 rings (SSSR count). The van der Waals surface area contributed by atoms with Gasteiger partial charge in [0, 0.05) is 11.4 Å². The van der Waals surface area contributed by atoms with Crippen LogP contribution in [-0.2, 0) is 12.0 Å². The van der Waals surface area contributed by atoms with Gasteiger partial charge in [0.2, 0.25) is 0 Å². The van der Waals surface area contributed by atoms with Gasteiger partial charge in [0.25, 0.3) is 0 Å². The fourth-order valence-corrected chi connectivity index (χ4v) is 2.79. The van der Waals surface area contributed by atoms with Crippen LogP contribution in [0.1, 0.15) is 23.4 Å². The molecule has 0 fully saturated rings. The number of anilines is 1. The van der Waals surface area contributed by atoms with Crippen molar-refractivity contribution < 1.29 is 0 Å². The second-order valence-electron chi connectivity index (χ2n) is 3.54. The summed E-state index contributed by atoms with van der Waals surface area (Å²) < 4.78 is 0. The Labute approximate surface area is 81.1 Å². The van der Waals surface area contributed by atoms with Gasteiger partial charge in [-0.1, -0.05) is 0 Å². The summed E-state index contributed by atoms with van der Waals surface area (Å²) in [5, 5.41) is 0.607. The highest BCUT2D eigenvalue weighted by molar-refractivity contribution is 7.15. The normalized spacial score (nSPS) is 27.2. The van der Waals surface area contributed by atoms with Crippen molar-refractivity contribution in [1.82, 2.24) is 4.98 Å². The Kier molecular flexibility index (Phi) is 2.02. The van der Waals surface area contributed by atoms with E-state index in [1.807, 2.05) is 0 Å². The number of hydrogen-bond donors (Lipinski definition) is 3. The topological polar surface area (TPSA) is 91.0 Å². The van der Waals surface area contributed by atoms with E-state index in [0.29, 0.717) is 11.7 Å². The average Bonchev–Trinajstić information content (AvgIpc) is 2.48. The fraction of sp³-hybridized carbons (Fsp3) is 0.625. The van der Waals surface area contributed by atoms with Gasteiger partial charge in [-0.3, -0.25) is 0 Å². The highest BCUT2D eigenvalue weighted by Gasteiger charge is 2.34. The Morgan fingerprint density at radius 3 is 3.00 bits per heavy atom. The molecule has 0 saturated heterocycles. The quantitative estimate of drug-likeness (QED) is 0.600. The molecule has 13 heavy (non-hydrogen) atoms. The minimum absolute atomic E-state index is 0.429. The second-order valence-corrected chi connectivity index (χ2v) is 4.65. The molecule has 0 saturated carbocycles. The SMILES string of the molecule is NCC1(N)CCCc2sc(N)nc21. The predicted molar refractivity (Wildman–Crippen MR) is 54.4 cm³/mol. The van der Waals surface area contributed by atoms with Crippen LogP contribution in [0.4, 0.5) is 5.13 Å². The molecule has 1 aliphatic rings. The van der Waals surface area contributed by atoms with Crippen LogP contribution >= 0.6 is 11.3 Å². The summed E-state index contributed by atoms with van der Waals surface area (Å²) in [6, 6.07) is 0. The van der Waals surface area contributed by atoms with Crippen LogP contribution in [0.2, 0.25) is 0 Å². The molecule has 0 bridgehead atoms. The molecule has 0 spiro atoms. The number of rotatable bonds is 1. The maximum Gasteiger partial charge on any atom is 0.180 e. The summed E-state index contributed by atoms with van der Waals surface area (Å²) >= 11 is 1.54. The first-order chi connectivity index (χ1) is 6.15. The average molecular weight is 198 g/mol. The zero-order valence-electron chi connectivity index (χ0n) is 7.42. The van der Waals surface area contributed by atoms with Gasteiger partial charge in [-0.2, -0.15) is 0 Å². The van der Waals surface area contributed by atoms with Crippen molar-refractivity contribution in [1.29, 1.82) is 0 Å². The van der Waals surface area contributed by atoms with E-state index >= 15 is 0 Å². The van der Waals surface area contributed by atoms with Crippen molar-refractivity contribution in [3.8, 4) is 0 Å². The molecule has 0 aliphatic heterocycles. The lowest BCUT2D eigenvalue weighted by Gasteiger charge is -2.30. The summed E-state index contributed by atoms with van der Waals surface area (Å²) in [4.78, 5) is 5.49. The molecule has 1 heterocycles. The largest absolute Gasteiger partial charge is 0.375 e. The Morgan fingerprint density at radius 2 is 2.31 bits per heavy atom. The van der Waals surface area contributed by atoms with Crippen molar-refractivity contribution in [3.05, 3.63) is 10.6 Å². The summed E-state index contributed by atoms with van der Waals surface area (Å²) in [5.74, 6) is 0. The van der Waals surface area contributed by atoms with E-state index in [9.17, 15) is 0 Å². The Balaban J connectivity index is 2.47. The number of nitrogen functional groups attached to an aromatic ring is 1. The first kappa shape index (κ1) is 8.93. The third-order valence-corrected chi connectivity index (χ3v) is 3.52. The molecule has 0 aromatic carbocycles. The van der Waals surface area contributed by atoms with Crippen molar-refractivity contribution in [2.24, 2.45) is 11.5 Å². The van der Waals surface area contributed by atoms with Gasteiger partial charge >= 0.3 is 0 Å². The fourth-order valence-electron chi connectivity index (χ4n) is 1.81. The monoisotopic (exact) mass is 198 g/mol. The van der Waals surface area contributed by atoms with Gasteiger partial charge < -0.3 is 17.2 Å². The van der Waals surface area contributed by atoms with E-state index in [4.69, 9.17) is 17.2 Å². The number of nitrogens with two attached hydrogens (primary N) is 3. The maximum atomic E-state index is 6.15. The molecule has 1 unspecified atom stereocenters. The first-order valence-electron chi connectivity index (χ1n) is 4.40. The third-order valence-electron chi connectivity index (χ3n) is 2.58. The Morgan fingerprint density at radius 1 is 1.54 bits per heavy atom. The molecule has 6 N–H and O–H groups in total. The predicted octanol–water partition coefficient (Wildman–Crippen LogP) is 0.174. The number of nitrogens with zero attached hydrogens (tertiary/aromatic N) is 1. The Bertz CT molecular complexity index is 322. The lowest BCUT2D eigenvalue weighted by atomic mass is 9.84. The van der Waals surface area contributed by atoms with E-state index < -0.39 is 5.54 Å². The van der Waals surface area contributed by atoms with E-state index in [0.717, 1.165) is 25.0 Å². The number of aryl methyl sites for hydroxylation is 1. The molecule has 1 aromatic heterocycles. The van der Waals surface area contributed by atoms with Crippen molar-refractivity contribution in [3.63, 3.8) is 0 Å². The zero-order chi connectivity index (χ0) is 9.47. The highest BCUT2D eigenvalue weighted by atomic mass is 32.1. The molecule has 1 aromatic rings.